The molecule has 4 heteroatoms. The van der Waals surface area contributed by atoms with Crippen LogP contribution in [-0.2, 0) is 6.42 Å². The summed E-state index contributed by atoms with van der Waals surface area (Å²) in [5.41, 5.74) is -0.0509. The highest BCUT2D eigenvalue weighted by molar-refractivity contribution is 6.02. The van der Waals surface area contributed by atoms with Crippen LogP contribution in [-0.4, -0.2) is 39.9 Å². The second kappa shape index (κ2) is 6.64. The zero-order valence-electron chi connectivity index (χ0n) is 10.6. The maximum atomic E-state index is 12.1. The number of carbonyl (C=O) groups excluding carboxylic acids is 1. The molecule has 0 radical (unpaired) electrons. The standard InChI is InChI=1S/C14H20O4/c1-14(18,8-2-9-15)13(17)12-5-3-11(4-6-12)7-10-16/h3-6,15-16,18H,2,7-10H2,1H3. The van der Waals surface area contributed by atoms with E-state index in [2.05, 4.69) is 0 Å². The Kier molecular flexibility index (Phi) is 5.47. The molecule has 3 N–H and O–H groups in total. The van der Waals surface area contributed by atoms with Crippen molar-refractivity contribution < 1.29 is 20.1 Å². The fraction of sp³-hybridized carbons (Fsp3) is 0.500. The smallest absolute Gasteiger partial charge is 0.194 e. The number of rotatable bonds is 7. The van der Waals surface area contributed by atoms with Gasteiger partial charge in [0.15, 0.2) is 5.78 Å². The molecular weight excluding hydrogens is 232 g/mol. The van der Waals surface area contributed by atoms with Crippen molar-refractivity contribution in [2.24, 2.45) is 0 Å². The van der Waals surface area contributed by atoms with Gasteiger partial charge in [0.2, 0.25) is 0 Å². The summed E-state index contributed by atoms with van der Waals surface area (Å²) in [6, 6.07) is 6.85. The zero-order valence-corrected chi connectivity index (χ0v) is 10.6. The van der Waals surface area contributed by atoms with Gasteiger partial charge in [0.25, 0.3) is 0 Å². The highest BCUT2D eigenvalue weighted by Crippen LogP contribution is 2.19. The van der Waals surface area contributed by atoms with Gasteiger partial charge in [-0.3, -0.25) is 4.79 Å². The summed E-state index contributed by atoms with van der Waals surface area (Å²) in [5, 5.41) is 27.6. The minimum Gasteiger partial charge on any atom is -0.396 e. The minimum atomic E-state index is -1.44. The van der Waals surface area contributed by atoms with Crippen molar-refractivity contribution in [2.45, 2.75) is 31.8 Å². The van der Waals surface area contributed by atoms with E-state index in [1.54, 1.807) is 24.3 Å². The van der Waals surface area contributed by atoms with Gasteiger partial charge in [-0.1, -0.05) is 24.3 Å². The minimum absolute atomic E-state index is 0.0428. The summed E-state index contributed by atoms with van der Waals surface area (Å²) in [6.45, 7) is 1.49. The number of hydrogen-bond acceptors (Lipinski definition) is 4. The Bertz CT molecular complexity index is 381. The molecule has 0 aliphatic carbocycles. The van der Waals surface area contributed by atoms with Gasteiger partial charge < -0.3 is 15.3 Å². The molecule has 0 aromatic heterocycles. The van der Waals surface area contributed by atoms with E-state index < -0.39 is 5.60 Å². The second-order valence-corrected chi connectivity index (χ2v) is 4.60. The van der Waals surface area contributed by atoms with Gasteiger partial charge in [-0.2, -0.15) is 0 Å². The molecule has 0 heterocycles. The molecule has 100 valence electrons. The summed E-state index contributed by atoms with van der Waals surface area (Å²) in [4.78, 5) is 12.1. The van der Waals surface area contributed by atoms with Crippen molar-refractivity contribution in [3.8, 4) is 0 Å². The summed E-state index contributed by atoms with van der Waals surface area (Å²) in [7, 11) is 0. The number of benzene rings is 1. The van der Waals surface area contributed by atoms with Crippen molar-refractivity contribution in [1.82, 2.24) is 0 Å². The molecule has 1 rings (SSSR count). The van der Waals surface area contributed by atoms with Gasteiger partial charge >= 0.3 is 0 Å². The SMILES string of the molecule is CC(O)(CCCO)C(=O)c1ccc(CCO)cc1. The molecule has 18 heavy (non-hydrogen) atoms. The fourth-order valence-electron chi connectivity index (χ4n) is 1.80. The average Bonchev–Trinajstić information content (AvgIpc) is 2.37. The van der Waals surface area contributed by atoms with E-state index in [0.717, 1.165) is 5.56 Å². The van der Waals surface area contributed by atoms with Crippen LogP contribution < -0.4 is 0 Å². The van der Waals surface area contributed by atoms with Gasteiger partial charge in [0.05, 0.1) is 0 Å². The summed E-state index contributed by atoms with van der Waals surface area (Å²) >= 11 is 0. The maximum absolute atomic E-state index is 12.1. The Morgan fingerprint density at radius 2 is 1.78 bits per heavy atom. The lowest BCUT2D eigenvalue weighted by Crippen LogP contribution is -2.35. The molecule has 0 aliphatic rings. The highest BCUT2D eigenvalue weighted by Gasteiger charge is 2.30. The van der Waals surface area contributed by atoms with Crippen molar-refractivity contribution in [3.63, 3.8) is 0 Å². The fourth-order valence-corrected chi connectivity index (χ4v) is 1.80. The first-order chi connectivity index (χ1) is 8.51. The second-order valence-electron chi connectivity index (χ2n) is 4.60. The molecule has 1 aromatic rings. The van der Waals surface area contributed by atoms with E-state index in [-0.39, 0.29) is 25.4 Å². The lowest BCUT2D eigenvalue weighted by Gasteiger charge is -2.21. The van der Waals surface area contributed by atoms with Crippen LogP contribution in [0.3, 0.4) is 0 Å². The lowest BCUT2D eigenvalue weighted by molar-refractivity contribution is 0.0336. The zero-order chi connectivity index (χ0) is 13.6. The van der Waals surface area contributed by atoms with Crippen molar-refractivity contribution in [3.05, 3.63) is 35.4 Å². The molecule has 0 saturated carbocycles. The first kappa shape index (κ1) is 14.8. The van der Waals surface area contributed by atoms with Crippen LogP contribution in [0.2, 0.25) is 0 Å². The van der Waals surface area contributed by atoms with Crippen LogP contribution in [0.15, 0.2) is 24.3 Å². The monoisotopic (exact) mass is 252 g/mol. The van der Waals surface area contributed by atoms with E-state index in [9.17, 15) is 9.90 Å². The molecule has 0 spiro atoms. The van der Waals surface area contributed by atoms with Crippen LogP contribution in [0.1, 0.15) is 35.7 Å². The number of aliphatic hydroxyl groups excluding tert-OH is 2. The molecule has 1 aromatic carbocycles. The molecule has 1 atom stereocenters. The lowest BCUT2D eigenvalue weighted by atomic mass is 9.90. The Morgan fingerprint density at radius 1 is 1.17 bits per heavy atom. The largest absolute Gasteiger partial charge is 0.396 e. The summed E-state index contributed by atoms with van der Waals surface area (Å²) in [5.74, 6) is -0.341. The maximum Gasteiger partial charge on any atom is 0.194 e. The van der Waals surface area contributed by atoms with Gasteiger partial charge in [-0.15, -0.1) is 0 Å². The van der Waals surface area contributed by atoms with Crippen molar-refractivity contribution in [1.29, 1.82) is 0 Å². The van der Waals surface area contributed by atoms with Gasteiger partial charge in [-0.25, -0.2) is 0 Å². The molecular formula is C14H20O4. The highest BCUT2D eigenvalue weighted by atomic mass is 16.3. The van der Waals surface area contributed by atoms with E-state index in [1.165, 1.54) is 6.92 Å². The average molecular weight is 252 g/mol. The van der Waals surface area contributed by atoms with Crippen LogP contribution in [0, 0.1) is 0 Å². The molecule has 0 saturated heterocycles. The Balaban J connectivity index is 2.76. The molecule has 0 amide bonds. The Labute approximate surface area is 107 Å². The van der Waals surface area contributed by atoms with E-state index in [0.29, 0.717) is 18.4 Å². The molecule has 0 aliphatic heterocycles. The van der Waals surface area contributed by atoms with E-state index in [4.69, 9.17) is 10.2 Å². The van der Waals surface area contributed by atoms with Crippen molar-refractivity contribution in [2.75, 3.05) is 13.2 Å². The third-order valence-electron chi connectivity index (χ3n) is 2.93. The van der Waals surface area contributed by atoms with E-state index in [1.807, 2.05) is 0 Å². The first-order valence-electron chi connectivity index (χ1n) is 6.09. The Hall–Kier alpha value is -1.23. The van der Waals surface area contributed by atoms with Crippen LogP contribution >= 0.6 is 0 Å². The number of Topliss-reactive ketones (excluding diaryl/α,β-unsaturated/α-hetero) is 1. The third-order valence-corrected chi connectivity index (χ3v) is 2.93. The molecule has 4 nitrogen and oxygen atoms in total. The topological polar surface area (TPSA) is 77.8 Å². The van der Waals surface area contributed by atoms with Crippen molar-refractivity contribution >= 4 is 5.78 Å². The molecule has 0 bridgehead atoms. The van der Waals surface area contributed by atoms with Crippen LogP contribution in [0.4, 0.5) is 0 Å². The number of aliphatic hydroxyl groups is 3. The van der Waals surface area contributed by atoms with Crippen LogP contribution in [0.5, 0.6) is 0 Å². The number of hydrogen-bond donors (Lipinski definition) is 3. The molecule has 1 unspecified atom stereocenters. The van der Waals surface area contributed by atoms with Gasteiger partial charge in [0.1, 0.15) is 5.60 Å². The predicted octanol–water partition coefficient (Wildman–Crippen LogP) is 0.928. The number of carbonyl (C=O) groups is 1. The van der Waals surface area contributed by atoms with Gasteiger partial charge in [-0.05, 0) is 31.7 Å². The van der Waals surface area contributed by atoms with Gasteiger partial charge in [0, 0.05) is 18.8 Å². The predicted molar refractivity (Wildman–Crippen MR) is 68.5 cm³/mol. The summed E-state index contributed by atoms with van der Waals surface area (Å²) < 4.78 is 0. The number of ketones is 1. The van der Waals surface area contributed by atoms with E-state index >= 15 is 0 Å². The normalized spacial score (nSPS) is 14.2. The molecule has 0 fully saturated rings. The summed E-state index contributed by atoms with van der Waals surface area (Å²) in [6.07, 6.45) is 1.18. The Morgan fingerprint density at radius 3 is 2.28 bits per heavy atom. The first-order valence-corrected chi connectivity index (χ1v) is 6.09. The quantitative estimate of drug-likeness (QED) is 0.631. The third kappa shape index (κ3) is 3.91. The van der Waals surface area contributed by atoms with Crippen LogP contribution in [0.25, 0.3) is 0 Å².